The predicted molar refractivity (Wildman–Crippen MR) is 149 cm³/mol. The Labute approximate surface area is 234 Å². The lowest BCUT2D eigenvalue weighted by Crippen LogP contribution is -2.55. The summed E-state index contributed by atoms with van der Waals surface area (Å²) in [5.74, 6) is 1.35. The number of carbonyl (C=O) groups is 2. The first-order chi connectivity index (χ1) is 19.4. The normalized spacial score (nSPS) is 20.8. The fraction of sp³-hybridized carbons (Fsp3) is 0.433. The summed E-state index contributed by atoms with van der Waals surface area (Å²) < 4.78 is 19.8. The lowest BCUT2D eigenvalue weighted by Gasteiger charge is -2.39. The van der Waals surface area contributed by atoms with Crippen LogP contribution in [-0.4, -0.2) is 65.4 Å². The van der Waals surface area contributed by atoms with Crippen LogP contribution in [-0.2, 0) is 29.7 Å². The molecule has 2 aromatic carbocycles. The molecule has 1 aromatic heterocycles. The number of likely N-dealkylation sites (tertiary alicyclic amines) is 1. The van der Waals surface area contributed by atoms with E-state index in [0.29, 0.717) is 55.4 Å². The first-order valence-corrected chi connectivity index (χ1v) is 13.7. The number of aryl methyl sites for hydroxylation is 2. The number of hydrogen-bond acceptors (Lipinski definition) is 7. The molecular weight excluding hydrogens is 510 g/mol. The number of rotatable bonds is 3. The minimum Gasteiger partial charge on any atom is -0.497 e. The van der Waals surface area contributed by atoms with E-state index in [9.17, 15) is 9.59 Å². The van der Waals surface area contributed by atoms with E-state index < -0.39 is 0 Å². The van der Waals surface area contributed by atoms with E-state index in [-0.39, 0.29) is 24.0 Å². The second-order valence-corrected chi connectivity index (χ2v) is 10.5. The van der Waals surface area contributed by atoms with Crippen molar-refractivity contribution in [3.05, 3.63) is 71.0 Å². The highest BCUT2D eigenvalue weighted by molar-refractivity contribution is 5.95. The van der Waals surface area contributed by atoms with E-state index in [1.165, 1.54) is 5.69 Å². The number of benzene rings is 2. The van der Waals surface area contributed by atoms with Gasteiger partial charge in [-0.15, -0.1) is 0 Å². The Balaban J connectivity index is 1.35. The zero-order chi connectivity index (χ0) is 28.1. The Morgan fingerprint density at radius 2 is 2.02 bits per heavy atom. The Kier molecular flexibility index (Phi) is 8.66. The number of carbonyl (C=O) groups excluding carboxylic acids is 2. The van der Waals surface area contributed by atoms with Gasteiger partial charge < -0.3 is 24.8 Å². The predicted octanol–water partition coefficient (Wildman–Crippen LogP) is 3.33. The SMILES string of the molecule is COc1cc2cc(c1)C(=O)NCCCC(=O)N[C@H]1CN(Cc3c(C)cnn3C)CC[C@@H]1OCc1cccc(c1)O2. The van der Waals surface area contributed by atoms with Gasteiger partial charge in [0.1, 0.15) is 17.2 Å². The van der Waals surface area contributed by atoms with Gasteiger partial charge in [-0.3, -0.25) is 19.2 Å². The van der Waals surface area contributed by atoms with E-state index in [4.69, 9.17) is 14.2 Å². The third-order valence-corrected chi connectivity index (χ3v) is 7.47. The van der Waals surface area contributed by atoms with Crippen molar-refractivity contribution in [1.82, 2.24) is 25.3 Å². The molecule has 3 aromatic rings. The molecule has 4 bridgehead atoms. The van der Waals surface area contributed by atoms with Crippen LogP contribution in [0.2, 0.25) is 0 Å². The van der Waals surface area contributed by atoms with Crippen LogP contribution < -0.4 is 20.1 Å². The Bertz CT molecular complexity index is 1340. The molecule has 1 fully saturated rings. The number of nitrogens with one attached hydrogen (secondary N) is 2. The van der Waals surface area contributed by atoms with Crippen LogP contribution in [0.4, 0.5) is 0 Å². The number of piperidine rings is 1. The standard InChI is InChI=1S/C30H37N5O5/c1-20-16-32-34(2)27(20)18-35-11-9-28-26(17-35)33-29(36)8-5-10-31-30(37)22-13-24(38-3)15-25(14-22)40-23-7-4-6-21(12-23)19-39-28/h4,6-7,12-16,26,28H,5,8-11,17-19H2,1-3H3,(H,31,37)(H,33,36)/t26-,28-/m0/s1. The quantitative estimate of drug-likeness (QED) is 0.518. The van der Waals surface area contributed by atoms with Crippen LogP contribution in [0, 0.1) is 6.92 Å². The average Bonchev–Trinajstić information content (AvgIpc) is 3.26. The second kappa shape index (κ2) is 12.5. The minimum absolute atomic E-state index is 0.0495. The zero-order valence-electron chi connectivity index (χ0n) is 23.3. The van der Waals surface area contributed by atoms with Gasteiger partial charge in [-0.2, -0.15) is 5.10 Å². The van der Waals surface area contributed by atoms with Gasteiger partial charge in [0.05, 0.1) is 37.8 Å². The molecule has 212 valence electrons. The maximum Gasteiger partial charge on any atom is 0.251 e. The Hall–Kier alpha value is -3.89. The van der Waals surface area contributed by atoms with Crippen molar-refractivity contribution < 1.29 is 23.8 Å². The van der Waals surface area contributed by atoms with Gasteiger partial charge in [0.15, 0.2) is 0 Å². The summed E-state index contributed by atoms with van der Waals surface area (Å²) >= 11 is 0. The summed E-state index contributed by atoms with van der Waals surface area (Å²) in [6, 6.07) is 12.6. The van der Waals surface area contributed by atoms with E-state index in [1.807, 2.05) is 42.2 Å². The molecule has 2 aliphatic rings. The summed E-state index contributed by atoms with van der Waals surface area (Å²) in [5.41, 5.74) is 3.70. The fourth-order valence-corrected chi connectivity index (χ4v) is 5.24. The van der Waals surface area contributed by atoms with Gasteiger partial charge in [-0.1, -0.05) is 12.1 Å². The number of ether oxygens (including phenoxy) is 3. The summed E-state index contributed by atoms with van der Waals surface area (Å²) in [5, 5.41) is 10.5. The van der Waals surface area contributed by atoms with Crippen molar-refractivity contribution in [3.63, 3.8) is 0 Å². The van der Waals surface area contributed by atoms with Gasteiger partial charge in [0.25, 0.3) is 5.91 Å². The zero-order valence-corrected chi connectivity index (χ0v) is 23.3. The summed E-state index contributed by atoms with van der Waals surface area (Å²) in [7, 11) is 3.51. The summed E-state index contributed by atoms with van der Waals surface area (Å²) in [4.78, 5) is 28.2. The van der Waals surface area contributed by atoms with Crippen LogP contribution >= 0.6 is 0 Å². The van der Waals surface area contributed by atoms with Crippen molar-refractivity contribution in [3.8, 4) is 17.2 Å². The molecule has 2 aliphatic heterocycles. The molecule has 3 heterocycles. The monoisotopic (exact) mass is 547 g/mol. The van der Waals surface area contributed by atoms with Crippen LogP contribution in [0.15, 0.2) is 48.7 Å². The topological polar surface area (TPSA) is 107 Å². The number of aromatic nitrogens is 2. The van der Waals surface area contributed by atoms with Crippen LogP contribution in [0.1, 0.15) is 46.4 Å². The summed E-state index contributed by atoms with van der Waals surface area (Å²) in [6.45, 7) is 5.13. The average molecular weight is 548 g/mol. The van der Waals surface area contributed by atoms with Crippen molar-refractivity contribution in [2.75, 3.05) is 26.7 Å². The van der Waals surface area contributed by atoms with Crippen molar-refractivity contribution in [2.24, 2.45) is 7.05 Å². The number of hydrogen-bond donors (Lipinski definition) is 2. The lowest BCUT2D eigenvalue weighted by molar-refractivity contribution is -0.124. The molecule has 2 amide bonds. The number of nitrogens with zero attached hydrogens (tertiary/aromatic N) is 3. The fourth-order valence-electron chi connectivity index (χ4n) is 5.24. The third kappa shape index (κ3) is 6.81. The number of methoxy groups -OCH3 is 1. The number of fused-ring (bicyclic) bond motifs is 5. The molecule has 40 heavy (non-hydrogen) atoms. The first-order valence-electron chi connectivity index (χ1n) is 13.7. The molecule has 2 atom stereocenters. The molecule has 0 aliphatic carbocycles. The number of amides is 2. The smallest absolute Gasteiger partial charge is 0.251 e. The van der Waals surface area contributed by atoms with E-state index in [0.717, 1.165) is 30.6 Å². The minimum atomic E-state index is -0.249. The van der Waals surface area contributed by atoms with Crippen LogP contribution in [0.3, 0.4) is 0 Å². The van der Waals surface area contributed by atoms with Crippen molar-refractivity contribution in [1.29, 1.82) is 0 Å². The molecule has 2 N–H and O–H groups in total. The molecule has 0 radical (unpaired) electrons. The molecule has 0 spiro atoms. The van der Waals surface area contributed by atoms with Gasteiger partial charge >= 0.3 is 0 Å². The van der Waals surface area contributed by atoms with Crippen molar-refractivity contribution in [2.45, 2.75) is 51.5 Å². The van der Waals surface area contributed by atoms with Gasteiger partial charge in [0, 0.05) is 51.3 Å². The van der Waals surface area contributed by atoms with Crippen LogP contribution in [0.25, 0.3) is 0 Å². The molecule has 0 unspecified atom stereocenters. The largest absolute Gasteiger partial charge is 0.497 e. The van der Waals surface area contributed by atoms with Gasteiger partial charge in [-0.25, -0.2) is 0 Å². The first kappa shape index (κ1) is 27.7. The molecule has 1 saturated heterocycles. The highest BCUT2D eigenvalue weighted by Gasteiger charge is 2.32. The molecule has 5 rings (SSSR count). The van der Waals surface area contributed by atoms with Gasteiger partial charge in [0.2, 0.25) is 5.91 Å². The molecular formula is C30H37N5O5. The molecule has 10 nitrogen and oxygen atoms in total. The van der Waals surface area contributed by atoms with E-state index in [1.54, 1.807) is 25.3 Å². The molecule has 0 saturated carbocycles. The lowest BCUT2D eigenvalue weighted by atomic mass is 10.0. The maximum absolute atomic E-state index is 13.0. The highest BCUT2D eigenvalue weighted by Crippen LogP contribution is 2.29. The highest BCUT2D eigenvalue weighted by atomic mass is 16.5. The maximum atomic E-state index is 13.0. The second-order valence-electron chi connectivity index (χ2n) is 10.5. The van der Waals surface area contributed by atoms with E-state index >= 15 is 0 Å². The van der Waals surface area contributed by atoms with E-state index in [2.05, 4.69) is 27.6 Å². The summed E-state index contributed by atoms with van der Waals surface area (Å²) in [6.07, 6.45) is 3.37. The van der Waals surface area contributed by atoms with Crippen LogP contribution in [0.5, 0.6) is 17.2 Å². The molecule has 10 heteroatoms. The third-order valence-electron chi connectivity index (χ3n) is 7.47. The Morgan fingerprint density at radius 3 is 2.83 bits per heavy atom. The van der Waals surface area contributed by atoms with Gasteiger partial charge in [-0.05, 0) is 55.2 Å². The van der Waals surface area contributed by atoms with Crippen molar-refractivity contribution >= 4 is 11.8 Å². The Morgan fingerprint density at radius 1 is 1.15 bits per heavy atom.